The van der Waals surface area contributed by atoms with Gasteiger partial charge in [-0.1, -0.05) is 12.1 Å². The number of aromatic hydroxyl groups is 1. The van der Waals surface area contributed by atoms with Crippen molar-refractivity contribution in [2.75, 3.05) is 7.11 Å². The molecule has 98 valence electrons. The van der Waals surface area contributed by atoms with Crippen LogP contribution in [0.5, 0.6) is 5.75 Å². The van der Waals surface area contributed by atoms with Crippen LogP contribution in [0.25, 0.3) is 0 Å². The second-order valence-corrected chi connectivity index (χ2v) is 4.79. The average Bonchev–Trinajstić information content (AvgIpc) is 2.67. The van der Waals surface area contributed by atoms with Crippen molar-refractivity contribution in [1.29, 1.82) is 0 Å². The van der Waals surface area contributed by atoms with Crippen LogP contribution in [-0.2, 0) is 16.0 Å². The Morgan fingerprint density at radius 1 is 1.56 bits per heavy atom. The third-order valence-electron chi connectivity index (χ3n) is 3.64. The molecule has 0 spiro atoms. The lowest BCUT2D eigenvalue weighted by Gasteiger charge is -2.17. The molecule has 2 atom stereocenters. The van der Waals surface area contributed by atoms with E-state index in [2.05, 4.69) is 4.74 Å². The number of phenols is 1. The van der Waals surface area contributed by atoms with Crippen LogP contribution in [-0.4, -0.2) is 24.2 Å². The Kier molecular flexibility index (Phi) is 3.87. The summed E-state index contributed by atoms with van der Waals surface area (Å²) in [5.41, 5.74) is 8.22. The molecule has 2 unspecified atom stereocenters. The van der Waals surface area contributed by atoms with Crippen molar-refractivity contribution in [3.63, 3.8) is 0 Å². The average molecular weight is 249 g/mol. The Hall–Kier alpha value is -1.55. The number of ether oxygens (including phenoxy) is 1. The van der Waals surface area contributed by atoms with Gasteiger partial charge < -0.3 is 15.6 Å². The zero-order chi connectivity index (χ0) is 13.1. The maximum absolute atomic E-state index is 11.1. The van der Waals surface area contributed by atoms with Gasteiger partial charge in [-0.15, -0.1) is 0 Å². The van der Waals surface area contributed by atoms with Crippen LogP contribution in [0.2, 0.25) is 0 Å². The SMILES string of the molecule is COC(=O)CCCC1c2c(O)cccc2CC1N. The van der Waals surface area contributed by atoms with E-state index < -0.39 is 0 Å². The second-order valence-electron chi connectivity index (χ2n) is 4.79. The molecule has 1 aromatic rings. The second kappa shape index (κ2) is 5.40. The molecule has 0 bridgehead atoms. The maximum atomic E-state index is 11.1. The fourth-order valence-electron chi connectivity index (χ4n) is 2.74. The molecule has 0 radical (unpaired) electrons. The van der Waals surface area contributed by atoms with Crippen LogP contribution in [0.1, 0.15) is 36.3 Å². The minimum Gasteiger partial charge on any atom is -0.508 e. The Balaban J connectivity index is 2.04. The summed E-state index contributed by atoms with van der Waals surface area (Å²) in [5.74, 6) is 0.272. The number of phenolic OH excluding ortho intramolecular Hbond substituents is 1. The van der Waals surface area contributed by atoms with Crippen molar-refractivity contribution in [2.45, 2.75) is 37.6 Å². The van der Waals surface area contributed by atoms with Gasteiger partial charge in [-0.25, -0.2) is 0 Å². The van der Waals surface area contributed by atoms with E-state index in [-0.39, 0.29) is 17.9 Å². The minimum atomic E-state index is -0.195. The lowest BCUT2D eigenvalue weighted by atomic mass is 9.92. The van der Waals surface area contributed by atoms with Gasteiger partial charge in [0.1, 0.15) is 5.75 Å². The number of methoxy groups -OCH3 is 1. The van der Waals surface area contributed by atoms with Crippen molar-refractivity contribution in [3.8, 4) is 5.75 Å². The van der Waals surface area contributed by atoms with E-state index in [1.165, 1.54) is 7.11 Å². The van der Waals surface area contributed by atoms with Gasteiger partial charge in [-0.05, 0) is 30.9 Å². The lowest BCUT2D eigenvalue weighted by molar-refractivity contribution is -0.140. The standard InChI is InChI=1S/C14H19NO3/c1-18-13(17)7-3-5-10-11(15)8-9-4-2-6-12(16)14(9)10/h2,4,6,10-11,16H,3,5,7-8,15H2,1H3. The number of benzene rings is 1. The molecule has 4 heteroatoms. The summed E-state index contributed by atoms with van der Waals surface area (Å²) in [7, 11) is 1.39. The van der Waals surface area contributed by atoms with E-state index >= 15 is 0 Å². The number of esters is 1. The number of hydrogen-bond donors (Lipinski definition) is 2. The van der Waals surface area contributed by atoms with Crippen LogP contribution >= 0.6 is 0 Å². The Morgan fingerprint density at radius 3 is 3.06 bits per heavy atom. The van der Waals surface area contributed by atoms with Crippen molar-refractivity contribution in [3.05, 3.63) is 29.3 Å². The number of nitrogens with two attached hydrogens (primary N) is 1. The van der Waals surface area contributed by atoms with E-state index in [1.54, 1.807) is 6.07 Å². The Labute approximate surface area is 107 Å². The fourth-order valence-corrected chi connectivity index (χ4v) is 2.74. The predicted molar refractivity (Wildman–Crippen MR) is 68.4 cm³/mol. The van der Waals surface area contributed by atoms with E-state index in [4.69, 9.17) is 5.73 Å². The quantitative estimate of drug-likeness (QED) is 0.797. The highest BCUT2D eigenvalue weighted by Gasteiger charge is 2.31. The lowest BCUT2D eigenvalue weighted by Crippen LogP contribution is -2.25. The molecule has 0 amide bonds. The van der Waals surface area contributed by atoms with E-state index in [0.29, 0.717) is 12.2 Å². The highest BCUT2D eigenvalue weighted by atomic mass is 16.5. The number of rotatable bonds is 4. The third-order valence-corrected chi connectivity index (χ3v) is 3.64. The first kappa shape index (κ1) is 12.9. The molecule has 1 aliphatic carbocycles. The normalized spacial score (nSPS) is 21.7. The molecule has 0 aliphatic heterocycles. The molecule has 2 rings (SSSR count). The smallest absolute Gasteiger partial charge is 0.305 e. The Morgan fingerprint density at radius 2 is 2.33 bits per heavy atom. The summed E-state index contributed by atoms with van der Waals surface area (Å²) >= 11 is 0. The largest absolute Gasteiger partial charge is 0.508 e. The van der Waals surface area contributed by atoms with Crippen LogP contribution in [0.15, 0.2) is 18.2 Å². The molecule has 0 fully saturated rings. The van der Waals surface area contributed by atoms with Crippen LogP contribution in [0.3, 0.4) is 0 Å². The van der Waals surface area contributed by atoms with Crippen molar-refractivity contribution in [1.82, 2.24) is 0 Å². The summed E-state index contributed by atoms with van der Waals surface area (Å²) < 4.78 is 4.62. The molecule has 0 saturated heterocycles. The van der Waals surface area contributed by atoms with Crippen molar-refractivity contribution < 1.29 is 14.6 Å². The van der Waals surface area contributed by atoms with Crippen LogP contribution in [0.4, 0.5) is 0 Å². The zero-order valence-electron chi connectivity index (χ0n) is 10.6. The highest BCUT2D eigenvalue weighted by molar-refractivity contribution is 5.69. The van der Waals surface area contributed by atoms with E-state index in [9.17, 15) is 9.90 Å². The molecule has 1 aliphatic rings. The first-order chi connectivity index (χ1) is 8.63. The minimum absolute atomic E-state index is 0.0333. The fraction of sp³-hybridized carbons (Fsp3) is 0.500. The number of fused-ring (bicyclic) bond motifs is 1. The van der Waals surface area contributed by atoms with Crippen LogP contribution < -0.4 is 5.73 Å². The Bertz CT molecular complexity index is 445. The maximum Gasteiger partial charge on any atom is 0.305 e. The van der Waals surface area contributed by atoms with Gasteiger partial charge >= 0.3 is 5.97 Å². The number of hydrogen-bond acceptors (Lipinski definition) is 4. The summed E-state index contributed by atoms with van der Waals surface area (Å²) in [6, 6.07) is 5.59. The monoisotopic (exact) mass is 249 g/mol. The summed E-state index contributed by atoms with van der Waals surface area (Å²) in [5, 5.41) is 9.93. The molecular weight excluding hydrogens is 230 g/mol. The first-order valence-corrected chi connectivity index (χ1v) is 6.26. The molecule has 0 heterocycles. The summed E-state index contributed by atoms with van der Waals surface area (Å²) in [6.07, 6.45) is 2.74. The van der Waals surface area contributed by atoms with E-state index in [0.717, 1.165) is 30.4 Å². The van der Waals surface area contributed by atoms with Gasteiger partial charge in [-0.3, -0.25) is 4.79 Å². The molecule has 1 aromatic carbocycles. The van der Waals surface area contributed by atoms with Crippen LogP contribution in [0, 0.1) is 0 Å². The number of carbonyl (C=O) groups is 1. The predicted octanol–water partition coefficient (Wildman–Crippen LogP) is 1.70. The van der Waals surface area contributed by atoms with Gasteiger partial charge in [0.15, 0.2) is 0 Å². The molecular formula is C14H19NO3. The highest BCUT2D eigenvalue weighted by Crippen LogP contribution is 2.40. The molecule has 0 saturated carbocycles. The van der Waals surface area contributed by atoms with Gasteiger partial charge in [0.25, 0.3) is 0 Å². The number of carbonyl (C=O) groups excluding carboxylic acids is 1. The van der Waals surface area contributed by atoms with Gasteiger partial charge in [-0.2, -0.15) is 0 Å². The topological polar surface area (TPSA) is 72.5 Å². The zero-order valence-corrected chi connectivity index (χ0v) is 10.6. The van der Waals surface area contributed by atoms with E-state index in [1.807, 2.05) is 12.1 Å². The van der Waals surface area contributed by atoms with Gasteiger partial charge in [0.2, 0.25) is 0 Å². The van der Waals surface area contributed by atoms with Gasteiger partial charge in [0, 0.05) is 23.9 Å². The first-order valence-electron chi connectivity index (χ1n) is 6.26. The summed E-state index contributed by atoms with van der Waals surface area (Å²) in [6.45, 7) is 0. The molecule has 18 heavy (non-hydrogen) atoms. The molecule has 4 nitrogen and oxygen atoms in total. The van der Waals surface area contributed by atoms with Crippen molar-refractivity contribution in [2.24, 2.45) is 5.73 Å². The van der Waals surface area contributed by atoms with Gasteiger partial charge in [0.05, 0.1) is 7.11 Å². The summed E-state index contributed by atoms with van der Waals surface area (Å²) in [4.78, 5) is 11.1. The van der Waals surface area contributed by atoms with Crippen molar-refractivity contribution >= 4 is 5.97 Å². The molecule has 0 aromatic heterocycles. The molecule has 3 N–H and O–H groups in total. The third kappa shape index (κ3) is 2.48.